The van der Waals surface area contributed by atoms with E-state index in [0.717, 1.165) is 22.4 Å². The number of anilines is 1. The maximum Gasteiger partial charge on any atom is 0.260 e. The Kier molecular flexibility index (Phi) is 3.03. The number of amides is 1. The number of ether oxygens (including phenoxy) is 1. The molecule has 0 fully saturated rings. The lowest BCUT2D eigenvalue weighted by Gasteiger charge is -2.11. The Morgan fingerprint density at radius 1 is 1.05 bits per heavy atom. The quantitative estimate of drug-likeness (QED) is 0.667. The first-order valence-electron chi connectivity index (χ1n) is 6.47. The average molecular weight is 265 g/mol. The van der Waals surface area contributed by atoms with Crippen LogP contribution in [-0.2, 0) is 9.53 Å². The molecule has 0 aromatic heterocycles. The van der Waals surface area contributed by atoms with Gasteiger partial charge < -0.3 is 10.1 Å². The SMILES string of the molecule is COC(=C1C(=O)Nc2cccc(C)c21)c1ccccc1. The van der Waals surface area contributed by atoms with Crippen molar-refractivity contribution >= 4 is 22.9 Å². The standard InChI is InChI=1S/C17H15NO2/c1-11-7-6-10-13-14(11)15(17(19)18-13)16(20-2)12-8-4-3-5-9-12/h3-10H,1-2H3,(H,18,19). The van der Waals surface area contributed by atoms with Crippen molar-refractivity contribution in [1.82, 2.24) is 0 Å². The van der Waals surface area contributed by atoms with Gasteiger partial charge >= 0.3 is 0 Å². The second-order valence-electron chi connectivity index (χ2n) is 4.73. The van der Waals surface area contributed by atoms with E-state index in [0.29, 0.717) is 11.3 Å². The Morgan fingerprint density at radius 2 is 1.80 bits per heavy atom. The van der Waals surface area contributed by atoms with Crippen molar-refractivity contribution < 1.29 is 9.53 Å². The van der Waals surface area contributed by atoms with Crippen molar-refractivity contribution in [3.63, 3.8) is 0 Å². The van der Waals surface area contributed by atoms with Crippen molar-refractivity contribution in [3.05, 3.63) is 65.2 Å². The molecule has 1 N–H and O–H groups in total. The molecule has 20 heavy (non-hydrogen) atoms. The topological polar surface area (TPSA) is 38.3 Å². The summed E-state index contributed by atoms with van der Waals surface area (Å²) in [5, 5.41) is 2.90. The summed E-state index contributed by atoms with van der Waals surface area (Å²) in [6.07, 6.45) is 0. The summed E-state index contributed by atoms with van der Waals surface area (Å²) in [7, 11) is 1.60. The van der Waals surface area contributed by atoms with E-state index in [1.54, 1.807) is 7.11 Å². The molecule has 2 aromatic rings. The molecule has 100 valence electrons. The smallest absolute Gasteiger partial charge is 0.260 e. The Hall–Kier alpha value is -2.55. The van der Waals surface area contributed by atoms with Gasteiger partial charge in [-0.05, 0) is 18.6 Å². The van der Waals surface area contributed by atoms with E-state index in [-0.39, 0.29) is 5.91 Å². The number of methoxy groups -OCH3 is 1. The fourth-order valence-corrected chi connectivity index (χ4v) is 2.57. The molecule has 1 aliphatic heterocycles. The number of benzene rings is 2. The van der Waals surface area contributed by atoms with Gasteiger partial charge in [0.2, 0.25) is 0 Å². The molecule has 0 saturated carbocycles. The van der Waals surface area contributed by atoms with Crippen LogP contribution in [0, 0.1) is 6.92 Å². The van der Waals surface area contributed by atoms with E-state index < -0.39 is 0 Å². The monoisotopic (exact) mass is 265 g/mol. The van der Waals surface area contributed by atoms with Gasteiger partial charge in [0.25, 0.3) is 5.91 Å². The first-order valence-corrected chi connectivity index (χ1v) is 6.47. The first kappa shape index (κ1) is 12.5. The van der Waals surface area contributed by atoms with Crippen LogP contribution in [0.2, 0.25) is 0 Å². The van der Waals surface area contributed by atoms with Gasteiger partial charge in [0, 0.05) is 16.8 Å². The highest BCUT2D eigenvalue weighted by molar-refractivity contribution is 6.36. The molecule has 0 atom stereocenters. The van der Waals surface area contributed by atoms with Crippen LogP contribution >= 0.6 is 0 Å². The van der Waals surface area contributed by atoms with Crippen LogP contribution in [0.1, 0.15) is 16.7 Å². The molecule has 3 nitrogen and oxygen atoms in total. The van der Waals surface area contributed by atoms with Gasteiger partial charge in [-0.3, -0.25) is 4.79 Å². The second kappa shape index (κ2) is 4.85. The molecular weight excluding hydrogens is 250 g/mol. The molecule has 3 rings (SSSR count). The third-order valence-corrected chi connectivity index (χ3v) is 3.47. The highest BCUT2D eigenvalue weighted by Gasteiger charge is 2.30. The van der Waals surface area contributed by atoms with E-state index in [1.807, 2.05) is 55.5 Å². The summed E-state index contributed by atoms with van der Waals surface area (Å²) in [4.78, 5) is 12.3. The van der Waals surface area contributed by atoms with E-state index in [4.69, 9.17) is 4.74 Å². The summed E-state index contributed by atoms with van der Waals surface area (Å²) in [5.41, 5.74) is 4.33. The van der Waals surface area contributed by atoms with Gasteiger partial charge in [0.05, 0.1) is 12.7 Å². The van der Waals surface area contributed by atoms with Crippen LogP contribution in [0.25, 0.3) is 11.3 Å². The van der Waals surface area contributed by atoms with Gasteiger partial charge in [0.15, 0.2) is 0 Å². The molecule has 1 amide bonds. The Morgan fingerprint density at radius 3 is 2.50 bits per heavy atom. The zero-order valence-electron chi connectivity index (χ0n) is 11.4. The van der Waals surface area contributed by atoms with Crippen LogP contribution < -0.4 is 5.32 Å². The third kappa shape index (κ3) is 1.88. The van der Waals surface area contributed by atoms with Crippen LogP contribution in [0.15, 0.2) is 48.5 Å². The van der Waals surface area contributed by atoms with E-state index in [1.165, 1.54) is 0 Å². The normalized spacial score (nSPS) is 15.6. The fraction of sp³-hybridized carbons (Fsp3) is 0.118. The summed E-state index contributed by atoms with van der Waals surface area (Å²) < 4.78 is 5.52. The lowest BCUT2D eigenvalue weighted by Crippen LogP contribution is -2.06. The first-order chi connectivity index (χ1) is 9.72. The number of hydrogen-bond acceptors (Lipinski definition) is 2. The zero-order valence-corrected chi connectivity index (χ0v) is 11.4. The third-order valence-electron chi connectivity index (χ3n) is 3.47. The Bertz CT molecular complexity index is 702. The van der Waals surface area contributed by atoms with Gasteiger partial charge in [-0.15, -0.1) is 0 Å². The van der Waals surface area contributed by atoms with Crippen molar-refractivity contribution in [3.8, 4) is 0 Å². The number of aryl methyl sites for hydroxylation is 1. The van der Waals surface area contributed by atoms with Crippen molar-refractivity contribution in [1.29, 1.82) is 0 Å². The number of carbonyl (C=O) groups is 1. The predicted octanol–water partition coefficient (Wildman–Crippen LogP) is 3.46. The van der Waals surface area contributed by atoms with Gasteiger partial charge in [-0.2, -0.15) is 0 Å². The second-order valence-corrected chi connectivity index (χ2v) is 4.73. The Labute approximate surface area is 117 Å². The maximum absolute atomic E-state index is 12.3. The molecule has 0 spiro atoms. The van der Waals surface area contributed by atoms with Gasteiger partial charge in [0.1, 0.15) is 5.76 Å². The summed E-state index contributed by atoms with van der Waals surface area (Å²) in [5.74, 6) is 0.492. The summed E-state index contributed by atoms with van der Waals surface area (Å²) in [6, 6.07) is 15.5. The van der Waals surface area contributed by atoms with E-state index >= 15 is 0 Å². The number of hydrogen-bond donors (Lipinski definition) is 1. The van der Waals surface area contributed by atoms with Crippen LogP contribution in [0.3, 0.4) is 0 Å². The molecule has 0 radical (unpaired) electrons. The van der Waals surface area contributed by atoms with Gasteiger partial charge in [-0.25, -0.2) is 0 Å². The predicted molar refractivity (Wildman–Crippen MR) is 80.1 cm³/mol. The van der Waals surface area contributed by atoms with Crippen molar-refractivity contribution in [2.75, 3.05) is 12.4 Å². The minimum Gasteiger partial charge on any atom is -0.495 e. The van der Waals surface area contributed by atoms with Gasteiger partial charge in [-0.1, -0.05) is 42.5 Å². The average Bonchev–Trinajstić information content (AvgIpc) is 2.79. The largest absolute Gasteiger partial charge is 0.495 e. The lowest BCUT2D eigenvalue weighted by atomic mass is 9.98. The maximum atomic E-state index is 12.3. The zero-order chi connectivity index (χ0) is 14.1. The van der Waals surface area contributed by atoms with E-state index in [9.17, 15) is 4.79 Å². The Balaban J connectivity index is 2.28. The molecule has 0 saturated heterocycles. The van der Waals surface area contributed by atoms with Crippen LogP contribution in [0.5, 0.6) is 0 Å². The lowest BCUT2D eigenvalue weighted by molar-refractivity contribution is -0.110. The number of rotatable bonds is 2. The molecule has 2 aromatic carbocycles. The highest BCUT2D eigenvalue weighted by atomic mass is 16.5. The van der Waals surface area contributed by atoms with Crippen LogP contribution in [0.4, 0.5) is 5.69 Å². The fourth-order valence-electron chi connectivity index (χ4n) is 2.57. The minimum atomic E-state index is -0.116. The van der Waals surface area contributed by atoms with E-state index in [2.05, 4.69) is 5.32 Å². The molecular formula is C17H15NO2. The number of fused-ring (bicyclic) bond motifs is 1. The van der Waals surface area contributed by atoms with Crippen LogP contribution in [-0.4, -0.2) is 13.0 Å². The molecule has 1 aliphatic rings. The highest BCUT2D eigenvalue weighted by Crippen LogP contribution is 2.38. The molecule has 0 bridgehead atoms. The van der Waals surface area contributed by atoms with Crippen molar-refractivity contribution in [2.45, 2.75) is 6.92 Å². The summed E-state index contributed by atoms with van der Waals surface area (Å²) in [6.45, 7) is 2.00. The number of carbonyl (C=O) groups excluding carboxylic acids is 1. The minimum absolute atomic E-state index is 0.116. The number of nitrogens with one attached hydrogen (secondary N) is 1. The molecule has 1 heterocycles. The van der Waals surface area contributed by atoms with Crippen molar-refractivity contribution in [2.24, 2.45) is 0 Å². The summed E-state index contributed by atoms with van der Waals surface area (Å²) >= 11 is 0. The molecule has 0 aliphatic carbocycles. The molecule has 3 heteroatoms. The molecule has 0 unspecified atom stereocenters.